The van der Waals surface area contributed by atoms with Gasteiger partial charge in [0.1, 0.15) is 0 Å². The first-order valence-electron chi connectivity index (χ1n) is 7.98. The zero-order valence-electron chi connectivity index (χ0n) is 14.1. The van der Waals surface area contributed by atoms with Crippen molar-refractivity contribution in [2.24, 2.45) is 0 Å². The van der Waals surface area contributed by atoms with Gasteiger partial charge in [-0.3, -0.25) is 0 Å². The Balaban J connectivity index is 0.000000431. The van der Waals surface area contributed by atoms with E-state index in [1.807, 2.05) is 24.3 Å². The van der Waals surface area contributed by atoms with Crippen molar-refractivity contribution in [1.29, 1.82) is 0 Å². The molecule has 2 aromatic carbocycles. The third-order valence-corrected chi connectivity index (χ3v) is 3.51. The van der Waals surface area contributed by atoms with Crippen molar-refractivity contribution in [1.82, 2.24) is 0 Å². The predicted molar refractivity (Wildman–Crippen MR) is 111 cm³/mol. The van der Waals surface area contributed by atoms with Gasteiger partial charge in [0.25, 0.3) is 0 Å². The normalized spacial score (nSPS) is 11.4. The first-order chi connectivity index (χ1) is 12.4. The number of benzene rings is 2. The maximum atomic E-state index is 6.07. The van der Waals surface area contributed by atoms with Crippen LogP contribution in [0.5, 0.6) is 0 Å². The van der Waals surface area contributed by atoms with Gasteiger partial charge in [-0.1, -0.05) is 55.5 Å². The van der Waals surface area contributed by atoms with E-state index in [2.05, 4.69) is 55.5 Å². The van der Waals surface area contributed by atoms with Crippen LogP contribution in [0.25, 0.3) is 22.5 Å². The summed E-state index contributed by atoms with van der Waals surface area (Å²) in [6.45, 7) is 2.17. The molecule has 0 N–H and O–H groups in total. The molecule has 3 rings (SSSR count). The van der Waals surface area contributed by atoms with Crippen LogP contribution in [0.4, 0.5) is 0 Å². The first-order valence-corrected chi connectivity index (χ1v) is 14.1. The predicted octanol–water partition coefficient (Wildman–Crippen LogP) is 8.60. The van der Waals surface area contributed by atoms with Gasteiger partial charge in [-0.05, 0) is 24.1 Å². The molecule has 0 saturated carbocycles. The van der Waals surface area contributed by atoms with Crippen LogP contribution in [-0.2, 0) is 15.6 Å². The van der Waals surface area contributed by atoms with Crippen LogP contribution in [0.3, 0.4) is 0 Å². The Labute approximate surface area is 174 Å². The summed E-state index contributed by atoms with van der Waals surface area (Å²) in [5.41, 5.74) is 3.56. The number of hydrogen-bond acceptors (Lipinski definition) is 0. The van der Waals surface area contributed by atoms with Gasteiger partial charge in [-0.2, -0.15) is 0 Å². The summed E-state index contributed by atoms with van der Waals surface area (Å²) in [6.07, 6.45) is 2.04. The zero-order chi connectivity index (χ0) is 19.0. The Kier molecular flexibility index (Phi) is 8.76. The molecule has 0 bridgehead atoms. The van der Waals surface area contributed by atoms with Crippen LogP contribution in [0, 0.1) is 0 Å². The maximum absolute atomic E-state index is 6.07. The zero-order valence-corrected chi connectivity index (χ0v) is 18.2. The van der Waals surface area contributed by atoms with Gasteiger partial charge in [0.15, 0.2) is 0 Å². The van der Waals surface area contributed by atoms with Gasteiger partial charge >= 0.3 is 61.1 Å². The van der Waals surface area contributed by atoms with E-state index in [4.69, 9.17) is 44.8 Å². The third-order valence-electron chi connectivity index (χ3n) is 3.51. The molecule has 26 heavy (non-hydrogen) atoms. The molecule has 0 aliphatic rings. The number of hydrogen-bond donors (Lipinski definition) is 0. The molecule has 0 unspecified atom stereocenters. The fourth-order valence-corrected chi connectivity index (χ4v) is 2.47. The van der Waals surface area contributed by atoms with Crippen LogP contribution < -0.4 is 0 Å². The van der Waals surface area contributed by atoms with E-state index in [0.717, 1.165) is 29.9 Å². The molecule has 1 heterocycles. The van der Waals surface area contributed by atoms with Crippen molar-refractivity contribution in [2.75, 3.05) is 0 Å². The molecule has 1 aromatic heterocycles. The number of rotatable bonds is 4. The van der Waals surface area contributed by atoms with Gasteiger partial charge in [0, 0.05) is 11.6 Å². The van der Waals surface area contributed by atoms with E-state index < -0.39 is 9.20 Å². The molecule has 0 fully saturated rings. The minimum absolute atomic E-state index is 0.931. The Morgan fingerprint density at radius 1 is 0.731 bits per heavy atom. The molecular weight excluding hydrogens is 454 g/mol. The molecule has 0 saturated heterocycles. The monoisotopic (exact) mass is 471 g/mol. The van der Waals surface area contributed by atoms with E-state index in [1.165, 1.54) is 11.1 Å². The van der Waals surface area contributed by atoms with Crippen molar-refractivity contribution < 1.29 is 13.6 Å². The van der Waals surface area contributed by atoms with Crippen molar-refractivity contribution in [3.8, 4) is 22.5 Å². The summed E-state index contributed by atoms with van der Waals surface area (Å²) < 4.78 is 6.07. The van der Waals surface area contributed by atoms with Gasteiger partial charge in [0.05, 0.1) is 18.1 Å². The summed E-state index contributed by atoms with van der Waals surface area (Å²) >= 11 is 0. The van der Waals surface area contributed by atoms with Crippen LogP contribution in [0.2, 0.25) is 0 Å². The molecule has 0 radical (unpaired) electrons. The standard InChI is InChI=1S/C20H19O.4ClH.Fe/c1-2-9-19-14-18(16-10-5-3-6-11-16)15-20(21-19)17-12-7-4-8-13-17;;;;;/h3-8,10-15H,2,9H2,1H3;4*1H;/q+1;;;;;+3/p-4. The Morgan fingerprint density at radius 3 is 1.73 bits per heavy atom. The van der Waals surface area contributed by atoms with Crippen LogP contribution in [0.15, 0.2) is 77.2 Å². The van der Waals surface area contributed by atoms with E-state index in [9.17, 15) is 0 Å². The van der Waals surface area contributed by atoms with Gasteiger partial charge in [-0.25, -0.2) is 4.42 Å². The molecule has 1 nitrogen and oxygen atoms in total. The molecule has 0 aliphatic carbocycles. The molecule has 0 amide bonds. The van der Waals surface area contributed by atoms with E-state index in [0.29, 0.717) is 0 Å². The topological polar surface area (TPSA) is 11.3 Å². The summed E-state index contributed by atoms with van der Waals surface area (Å²) in [5, 5.41) is 0. The first kappa shape index (κ1) is 21.6. The Hall–Kier alpha value is -0.731. The second kappa shape index (κ2) is 10.6. The van der Waals surface area contributed by atoms with Crippen molar-refractivity contribution in [3.05, 3.63) is 78.6 Å². The second-order valence-electron chi connectivity index (χ2n) is 5.46. The summed E-state index contributed by atoms with van der Waals surface area (Å²) in [7, 11) is 17.2. The SMILES string of the molecule is CCCc1cc(-c2ccccc2)cc(-c2ccccc2)[o+]1.[Cl][Fe-]([Cl])([Cl])[Cl]. The Bertz CT molecular complexity index is 741. The molecule has 0 atom stereocenters. The average Bonchev–Trinajstić information content (AvgIpc) is 2.62. The number of halogens is 4. The van der Waals surface area contributed by atoms with Crippen molar-refractivity contribution in [2.45, 2.75) is 19.8 Å². The molecular formula is C20H19Cl4FeO. The molecule has 0 spiro atoms. The van der Waals surface area contributed by atoms with Crippen LogP contribution >= 0.6 is 40.4 Å². The molecule has 141 valence electrons. The molecule has 0 aliphatic heterocycles. The van der Waals surface area contributed by atoms with Crippen LogP contribution in [0.1, 0.15) is 19.1 Å². The van der Waals surface area contributed by atoms with Gasteiger partial charge in [-0.15, -0.1) is 0 Å². The molecule has 6 heteroatoms. The summed E-state index contributed by atoms with van der Waals surface area (Å²) in [6, 6.07) is 25.0. The van der Waals surface area contributed by atoms with Crippen molar-refractivity contribution >= 4 is 40.4 Å². The van der Waals surface area contributed by atoms with E-state index in [1.54, 1.807) is 0 Å². The fraction of sp³-hybridized carbons (Fsp3) is 0.150. The van der Waals surface area contributed by atoms with Crippen LogP contribution in [-0.4, -0.2) is 0 Å². The summed E-state index contributed by atoms with van der Waals surface area (Å²) in [5.74, 6) is 1.97. The third kappa shape index (κ3) is 7.88. The number of aryl methyl sites for hydroxylation is 1. The van der Waals surface area contributed by atoms with Gasteiger partial charge in [0.2, 0.25) is 0 Å². The van der Waals surface area contributed by atoms with Gasteiger partial charge < -0.3 is 0 Å². The second-order valence-corrected chi connectivity index (χ2v) is 16.4. The summed E-state index contributed by atoms with van der Waals surface area (Å²) in [4.78, 5) is 0. The minimum atomic E-state index is -2.61. The van der Waals surface area contributed by atoms with E-state index >= 15 is 0 Å². The average molecular weight is 473 g/mol. The fourth-order valence-electron chi connectivity index (χ4n) is 2.47. The van der Waals surface area contributed by atoms with Crippen molar-refractivity contribution in [3.63, 3.8) is 0 Å². The molecule has 3 aromatic rings. The Morgan fingerprint density at radius 2 is 1.23 bits per heavy atom. The van der Waals surface area contributed by atoms with E-state index in [-0.39, 0.29) is 0 Å². The quantitative estimate of drug-likeness (QED) is 0.273.